The second-order valence-corrected chi connectivity index (χ2v) is 17.0. The Morgan fingerprint density at radius 2 is 1.03 bits per heavy atom. The predicted octanol–water partition coefficient (Wildman–Crippen LogP) is 14.2. The van der Waals surface area contributed by atoms with Gasteiger partial charge in [0, 0.05) is 61.5 Å². The van der Waals surface area contributed by atoms with E-state index >= 15 is 0 Å². The molecule has 1 atom stereocenters. The van der Waals surface area contributed by atoms with Gasteiger partial charge in [0.1, 0.15) is 17.0 Å². The minimum absolute atomic E-state index is 0.0211. The summed E-state index contributed by atoms with van der Waals surface area (Å²) in [5.74, 6) is 4.22. The Kier molecular flexibility index (Phi) is 7.94. The molecule has 1 unspecified atom stereocenters. The number of nitrogens with zero attached hydrogens (tertiary/aromatic N) is 6. The molecule has 310 valence electrons. The van der Waals surface area contributed by atoms with Crippen LogP contribution in [0.25, 0.3) is 112 Å². The molecule has 5 heterocycles. The highest BCUT2D eigenvalue weighted by molar-refractivity contribution is 6.24. The fourth-order valence-electron chi connectivity index (χ4n) is 10.2. The number of rotatable bonds is 6. The molecule has 1 aliphatic heterocycles. The van der Waals surface area contributed by atoms with E-state index in [0.717, 1.165) is 84.6 Å². The Labute approximate surface area is 378 Å². The Morgan fingerprint density at radius 1 is 0.455 bits per heavy atom. The van der Waals surface area contributed by atoms with Gasteiger partial charge < -0.3 is 18.3 Å². The highest BCUT2D eigenvalue weighted by Crippen LogP contribution is 2.50. The maximum absolute atomic E-state index is 6.72. The maximum Gasteiger partial charge on any atom is 0.227 e. The Hall–Kier alpha value is -8.88. The normalized spacial score (nSPS) is 14.5. The summed E-state index contributed by atoms with van der Waals surface area (Å²) in [5.41, 5.74) is 13.0. The van der Waals surface area contributed by atoms with E-state index < -0.39 is 0 Å². The number of allylic oxidation sites excluding steroid dienone is 4. The zero-order valence-electron chi connectivity index (χ0n) is 35.3. The van der Waals surface area contributed by atoms with Crippen molar-refractivity contribution in [2.24, 2.45) is 0 Å². The van der Waals surface area contributed by atoms with Crippen LogP contribution >= 0.6 is 0 Å². The first-order valence-electron chi connectivity index (χ1n) is 22.2. The van der Waals surface area contributed by atoms with Crippen LogP contribution in [-0.4, -0.2) is 29.1 Å². The van der Waals surface area contributed by atoms with Crippen LogP contribution in [0, 0.1) is 0 Å². The fraction of sp³-hybridized carbons (Fsp3) is 0.0345. The first-order valence-corrected chi connectivity index (χ1v) is 22.2. The van der Waals surface area contributed by atoms with E-state index in [4.69, 9.17) is 29.1 Å². The molecular weight excluding hydrogens is 813 g/mol. The summed E-state index contributed by atoms with van der Waals surface area (Å²) in [6, 6.07) is 64.9. The van der Waals surface area contributed by atoms with Crippen molar-refractivity contribution in [3.05, 3.63) is 212 Å². The number of benzene rings is 8. The number of para-hydroxylation sites is 3. The molecule has 1 aliphatic carbocycles. The number of fused-ring (bicyclic) bond motifs is 11. The van der Waals surface area contributed by atoms with E-state index in [1.54, 1.807) is 0 Å². The van der Waals surface area contributed by atoms with E-state index in [0.29, 0.717) is 23.4 Å². The quantitative estimate of drug-likeness (QED) is 0.166. The summed E-state index contributed by atoms with van der Waals surface area (Å²) < 4.78 is 18.3. The average molecular weight is 849 g/mol. The van der Waals surface area contributed by atoms with Gasteiger partial charge in [0.05, 0.1) is 33.7 Å². The molecule has 8 heteroatoms. The molecule has 0 fully saturated rings. The Balaban J connectivity index is 0.916. The summed E-state index contributed by atoms with van der Waals surface area (Å²) in [5, 5.41) is 4.72. The van der Waals surface area contributed by atoms with Crippen molar-refractivity contribution in [2.45, 2.75) is 12.3 Å². The van der Waals surface area contributed by atoms with Gasteiger partial charge >= 0.3 is 0 Å². The SMILES string of the molecule is C1=C2Oc3cc(-c4nc(-c5ccccc5)nc(-c5ccccc5)n4)ccc3C2CC(n2c3ccccc3c3ccc4c5ccccc5n(-c5cccc6nc(-c7ccccc7)oc56)c4c32)=C1. The standard InChI is InChI=1S/C58H36N6O2/c1-4-15-35(16-5-1)55-60-56(36-17-6-2-7-18-36)62-57(61-55)38-27-29-42-45-34-39(28-32-50(45)65-51(42)33-38)63-47-24-12-10-21-40(47)43-30-31-44-41-22-11-13-25-48(41)64(53(44)52(43)63)49-26-14-23-46-54(49)66-58(59-46)37-19-8-3-9-20-37/h1-33,45H,34H2. The van der Waals surface area contributed by atoms with Crippen LogP contribution in [0.3, 0.4) is 0 Å². The second kappa shape index (κ2) is 14.3. The van der Waals surface area contributed by atoms with E-state index in [9.17, 15) is 0 Å². The number of hydrogen-bond acceptors (Lipinski definition) is 6. The molecule has 0 spiro atoms. The number of oxazole rings is 1. The Bertz CT molecular complexity index is 3940. The van der Waals surface area contributed by atoms with Gasteiger partial charge in [0.2, 0.25) is 5.89 Å². The highest BCUT2D eigenvalue weighted by atomic mass is 16.5. The highest BCUT2D eigenvalue weighted by Gasteiger charge is 2.34. The van der Waals surface area contributed by atoms with Gasteiger partial charge in [-0.15, -0.1) is 0 Å². The van der Waals surface area contributed by atoms with Crippen LogP contribution in [0.5, 0.6) is 5.75 Å². The lowest BCUT2D eigenvalue weighted by atomic mass is 9.90. The topological polar surface area (TPSA) is 83.8 Å². The summed E-state index contributed by atoms with van der Waals surface area (Å²) in [4.78, 5) is 19.9. The summed E-state index contributed by atoms with van der Waals surface area (Å²) >= 11 is 0. The lowest BCUT2D eigenvalue weighted by molar-refractivity contribution is 0.425. The third-order valence-electron chi connectivity index (χ3n) is 13.2. The van der Waals surface area contributed by atoms with E-state index in [1.807, 2.05) is 97.1 Å². The average Bonchev–Trinajstić information content (AvgIpc) is 4.16. The van der Waals surface area contributed by atoms with Crippen molar-refractivity contribution in [2.75, 3.05) is 0 Å². The molecule has 66 heavy (non-hydrogen) atoms. The molecule has 0 saturated carbocycles. The molecule has 0 radical (unpaired) electrons. The van der Waals surface area contributed by atoms with Gasteiger partial charge in [-0.3, -0.25) is 0 Å². The summed E-state index contributed by atoms with van der Waals surface area (Å²) in [6.45, 7) is 0. The van der Waals surface area contributed by atoms with E-state index in [-0.39, 0.29) is 5.92 Å². The lowest BCUT2D eigenvalue weighted by Gasteiger charge is -2.21. The van der Waals surface area contributed by atoms with Crippen LogP contribution in [0.2, 0.25) is 0 Å². The van der Waals surface area contributed by atoms with Gasteiger partial charge in [-0.2, -0.15) is 0 Å². The monoisotopic (exact) mass is 848 g/mol. The number of ether oxygens (including phenoxy) is 1. The molecule has 8 nitrogen and oxygen atoms in total. The number of hydrogen-bond donors (Lipinski definition) is 0. The third-order valence-corrected chi connectivity index (χ3v) is 13.2. The summed E-state index contributed by atoms with van der Waals surface area (Å²) in [6.07, 6.45) is 5.14. The first kappa shape index (κ1) is 36.6. The number of aromatic nitrogens is 6. The van der Waals surface area contributed by atoms with Crippen LogP contribution in [0.4, 0.5) is 0 Å². The molecule has 8 aromatic carbocycles. The van der Waals surface area contributed by atoms with Crippen LogP contribution in [-0.2, 0) is 0 Å². The largest absolute Gasteiger partial charge is 0.461 e. The van der Waals surface area contributed by atoms with Crippen molar-refractivity contribution in [1.29, 1.82) is 0 Å². The van der Waals surface area contributed by atoms with Gasteiger partial charge in [-0.25, -0.2) is 19.9 Å². The second-order valence-electron chi connectivity index (χ2n) is 17.0. The fourth-order valence-corrected chi connectivity index (χ4v) is 10.2. The molecule has 0 saturated heterocycles. The zero-order chi connectivity index (χ0) is 43.3. The third kappa shape index (κ3) is 5.58. The molecular formula is C58H36N6O2. The minimum Gasteiger partial charge on any atom is -0.461 e. The van der Waals surface area contributed by atoms with Crippen LogP contribution in [0.1, 0.15) is 17.9 Å². The van der Waals surface area contributed by atoms with Crippen molar-refractivity contribution >= 4 is 60.4 Å². The molecule has 0 amide bonds. The molecule has 14 rings (SSSR count). The van der Waals surface area contributed by atoms with Crippen LogP contribution in [0.15, 0.2) is 210 Å². The molecule has 4 aromatic heterocycles. The smallest absolute Gasteiger partial charge is 0.227 e. The summed E-state index contributed by atoms with van der Waals surface area (Å²) in [7, 11) is 0. The van der Waals surface area contributed by atoms with Gasteiger partial charge in [0.15, 0.2) is 23.1 Å². The minimum atomic E-state index is 0.0211. The molecule has 12 aromatic rings. The van der Waals surface area contributed by atoms with E-state index in [1.165, 1.54) is 27.2 Å². The molecule has 0 N–H and O–H groups in total. The predicted molar refractivity (Wildman–Crippen MR) is 263 cm³/mol. The van der Waals surface area contributed by atoms with Gasteiger partial charge in [-0.05, 0) is 54.6 Å². The zero-order valence-corrected chi connectivity index (χ0v) is 35.3. The van der Waals surface area contributed by atoms with Crippen molar-refractivity contribution < 1.29 is 9.15 Å². The first-order chi connectivity index (χ1) is 32.7. The maximum atomic E-state index is 6.72. The Morgan fingerprint density at radius 3 is 1.70 bits per heavy atom. The van der Waals surface area contributed by atoms with Gasteiger partial charge in [0.25, 0.3) is 0 Å². The van der Waals surface area contributed by atoms with Crippen molar-refractivity contribution in [1.82, 2.24) is 29.1 Å². The van der Waals surface area contributed by atoms with E-state index in [2.05, 4.69) is 112 Å². The van der Waals surface area contributed by atoms with Crippen LogP contribution < -0.4 is 4.74 Å². The van der Waals surface area contributed by atoms with Crippen molar-refractivity contribution in [3.63, 3.8) is 0 Å². The molecule has 2 aliphatic rings. The van der Waals surface area contributed by atoms with Gasteiger partial charge in [-0.1, -0.05) is 146 Å². The molecule has 0 bridgehead atoms. The van der Waals surface area contributed by atoms with Crippen molar-refractivity contribution in [3.8, 4) is 57.1 Å². The lowest BCUT2D eigenvalue weighted by Crippen LogP contribution is -2.09.